The molecule has 0 fully saturated rings. The molecule has 1 aromatic rings. The molecule has 1 heterocycles. The average Bonchev–Trinajstić information content (AvgIpc) is 2.34. The zero-order valence-corrected chi connectivity index (χ0v) is 11.9. The number of pyridine rings is 1. The number of amides is 2. The fraction of sp³-hybridized carbons (Fsp3) is 0.455. The van der Waals surface area contributed by atoms with Gasteiger partial charge in [-0.1, -0.05) is 23.2 Å². The monoisotopic (exact) mass is 306 g/mol. The predicted octanol–water partition coefficient (Wildman–Crippen LogP) is 1.48. The van der Waals surface area contributed by atoms with Gasteiger partial charge in [0.05, 0.1) is 16.1 Å². The Morgan fingerprint density at radius 1 is 1.42 bits per heavy atom. The van der Waals surface area contributed by atoms with E-state index < -0.39 is 6.10 Å². The van der Waals surface area contributed by atoms with Gasteiger partial charge in [0.15, 0.2) is 0 Å². The van der Waals surface area contributed by atoms with E-state index in [1.165, 1.54) is 6.20 Å². The number of aliphatic hydroxyl groups excluding tert-OH is 1. The Morgan fingerprint density at radius 2 is 2.16 bits per heavy atom. The van der Waals surface area contributed by atoms with E-state index in [0.717, 1.165) is 0 Å². The summed E-state index contributed by atoms with van der Waals surface area (Å²) in [6.07, 6.45) is 0.916. The van der Waals surface area contributed by atoms with Crippen molar-refractivity contribution in [3.63, 3.8) is 0 Å². The van der Waals surface area contributed by atoms with Crippen LogP contribution in [0.3, 0.4) is 0 Å². The standard InChI is InChI=1S/C11H16Cl2N4O2/c1-7(18)5-17-11(19)15-3-2-14-10-9(13)4-8(12)6-16-10/h4,6-7,18H,2-3,5H2,1H3,(H,14,16)(H2,15,17,19). The summed E-state index contributed by atoms with van der Waals surface area (Å²) in [5, 5.41) is 18.0. The quantitative estimate of drug-likeness (QED) is 0.600. The third kappa shape index (κ3) is 6.47. The van der Waals surface area contributed by atoms with E-state index in [4.69, 9.17) is 28.3 Å². The third-order valence-corrected chi connectivity index (χ3v) is 2.56. The lowest BCUT2D eigenvalue weighted by Crippen LogP contribution is -2.40. The number of aliphatic hydroxyl groups is 1. The highest BCUT2D eigenvalue weighted by Crippen LogP contribution is 2.21. The third-order valence-electron chi connectivity index (χ3n) is 2.07. The van der Waals surface area contributed by atoms with Gasteiger partial charge in [-0.05, 0) is 13.0 Å². The number of nitrogens with zero attached hydrogens (tertiary/aromatic N) is 1. The molecule has 106 valence electrons. The first-order valence-corrected chi connectivity index (χ1v) is 6.49. The first-order valence-electron chi connectivity index (χ1n) is 5.73. The molecule has 4 N–H and O–H groups in total. The van der Waals surface area contributed by atoms with Crippen molar-refractivity contribution in [2.24, 2.45) is 0 Å². The molecule has 0 aromatic carbocycles. The molecule has 19 heavy (non-hydrogen) atoms. The van der Waals surface area contributed by atoms with Crippen molar-refractivity contribution in [1.29, 1.82) is 0 Å². The number of rotatable bonds is 6. The minimum atomic E-state index is -0.569. The van der Waals surface area contributed by atoms with E-state index in [-0.39, 0.29) is 12.6 Å². The van der Waals surface area contributed by atoms with Crippen molar-refractivity contribution in [1.82, 2.24) is 15.6 Å². The Labute approximate surface area is 121 Å². The maximum absolute atomic E-state index is 11.3. The van der Waals surface area contributed by atoms with E-state index in [2.05, 4.69) is 20.9 Å². The molecule has 6 nitrogen and oxygen atoms in total. The van der Waals surface area contributed by atoms with Gasteiger partial charge < -0.3 is 21.1 Å². The van der Waals surface area contributed by atoms with Crippen LogP contribution in [0.5, 0.6) is 0 Å². The Bertz CT molecular complexity index is 429. The van der Waals surface area contributed by atoms with Crippen LogP contribution in [0.2, 0.25) is 10.0 Å². The summed E-state index contributed by atoms with van der Waals surface area (Å²) in [4.78, 5) is 15.3. The second-order valence-electron chi connectivity index (χ2n) is 3.90. The van der Waals surface area contributed by atoms with E-state index >= 15 is 0 Å². The number of anilines is 1. The van der Waals surface area contributed by atoms with Gasteiger partial charge in [-0.2, -0.15) is 0 Å². The van der Waals surface area contributed by atoms with Crippen molar-refractivity contribution in [2.45, 2.75) is 13.0 Å². The SMILES string of the molecule is CC(O)CNC(=O)NCCNc1ncc(Cl)cc1Cl. The average molecular weight is 307 g/mol. The fourth-order valence-corrected chi connectivity index (χ4v) is 1.65. The second-order valence-corrected chi connectivity index (χ2v) is 4.74. The van der Waals surface area contributed by atoms with Gasteiger partial charge in [0.25, 0.3) is 0 Å². The van der Waals surface area contributed by atoms with Crippen molar-refractivity contribution < 1.29 is 9.90 Å². The summed E-state index contributed by atoms with van der Waals surface area (Å²) >= 11 is 11.6. The van der Waals surface area contributed by atoms with Crippen LogP contribution < -0.4 is 16.0 Å². The van der Waals surface area contributed by atoms with Gasteiger partial charge in [-0.3, -0.25) is 0 Å². The van der Waals surface area contributed by atoms with Gasteiger partial charge in [0, 0.05) is 25.8 Å². The van der Waals surface area contributed by atoms with Gasteiger partial charge in [-0.15, -0.1) is 0 Å². The number of halogens is 2. The normalized spacial score (nSPS) is 11.8. The molecule has 1 unspecified atom stereocenters. The Kier molecular flexibility index (Phi) is 6.69. The molecule has 0 radical (unpaired) electrons. The Morgan fingerprint density at radius 3 is 2.79 bits per heavy atom. The minimum absolute atomic E-state index is 0.212. The summed E-state index contributed by atoms with van der Waals surface area (Å²) in [5.74, 6) is 0.511. The fourth-order valence-electron chi connectivity index (χ4n) is 1.20. The van der Waals surface area contributed by atoms with Crippen LogP contribution in [-0.2, 0) is 0 Å². The molecule has 0 bridgehead atoms. The molecule has 0 aliphatic carbocycles. The van der Waals surface area contributed by atoms with Crippen LogP contribution >= 0.6 is 23.2 Å². The Balaban J connectivity index is 2.22. The predicted molar refractivity (Wildman–Crippen MR) is 75.8 cm³/mol. The van der Waals surface area contributed by atoms with Crippen molar-refractivity contribution in [2.75, 3.05) is 25.0 Å². The molecule has 0 aliphatic rings. The summed E-state index contributed by atoms with van der Waals surface area (Å²) in [7, 11) is 0. The van der Waals surface area contributed by atoms with E-state index in [1.54, 1.807) is 13.0 Å². The van der Waals surface area contributed by atoms with Crippen LogP contribution in [-0.4, -0.2) is 41.9 Å². The molecular formula is C11H16Cl2N4O2. The molecule has 0 aliphatic heterocycles. The molecule has 1 atom stereocenters. The van der Waals surface area contributed by atoms with Gasteiger partial charge >= 0.3 is 6.03 Å². The number of urea groups is 1. The summed E-state index contributed by atoms with van der Waals surface area (Å²) < 4.78 is 0. The highest BCUT2D eigenvalue weighted by molar-refractivity contribution is 6.35. The summed E-state index contributed by atoms with van der Waals surface area (Å²) in [6.45, 7) is 2.67. The molecule has 1 rings (SSSR count). The summed E-state index contributed by atoms with van der Waals surface area (Å²) in [6, 6.07) is 1.25. The van der Waals surface area contributed by atoms with Crippen molar-refractivity contribution in [3.8, 4) is 0 Å². The highest BCUT2D eigenvalue weighted by Gasteiger charge is 2.03. The van der Waals surface area contributed by atoms with Gasteiger partial charge in [0.2, 0.25) is 0 Å². The van der Waals surface area contributed by atoms with E-state index in [1.807, 2.05) is 0 Å². The largest absolute Gasteiger partial charge is 0.392 e. The first kappa shape index (κ1) is 15.8. The zero-order valence-electron chi connectivity index (χ0n) is 10.4. The number of carbonyl (C=O) groups excluding carboxylic acids is 1. The molecule has 1 aromatic heterocycles. The number of aromatic nitrogens is 1. The lowest BCUT2D eigenvalue weighted by atomic mass is 10.4. The summed E-state index contributed by atoms with van der Waals surface area (Å²) in [5.41, 5.74) is 0. The second kappa shape index (κ2) is 8.04. The topological polar surface area (TPSA) is 86.3 Å². The van der Waals surface area contributed by atoms with Crippen LogP contribution in [0, 0.1) is 0 Å². The molecule has 0 saturated carbocycles. The number of hydrogen-bond acceptors (Lipinski definition) is 4. The zero-order chi connectivity index (χ0) is 14.3. The molecule has 0 saturated heterocycles. The van der Waals surface area contributed by atoms with Crippen LogP contribution in [0.4, 0.5) is 10.6 Å². The van der Waals surface area contributed by atoms with Gasteiger partial charge in [0.1, 0.15) is 5.82 Å². The first-order chi connectivity index (χ1) is 8.99. The maximum Gasteiger partial charge on any atom is 0.314 e. The van der Waals surface area contributed by atoms with Crippen LogP contribution in [0.15, 0.2) is 12.3 Å². The molecule has 8 heteroatoms. The lowest BCUT2D eigenvalue weighted by Gasteiger charge is -2.10. The van der Waals surface area contributed by atoms with Crippen LogP contribution in [0.25, 0.3) is 0 Å². The maximum atomic E-state index is 11.3. The highest BCUT2D eigenvalue weighted by atomic mass is 35.5. The number of nitrogens with one attached hydrogen (secondary N) is 3. The molecule has 2 amide bonds. The lowest BCUT2D eigenvalue weighted by molar-refractivity contribution is 0.187. The number of carbonyl (C=O) groups is 1. The smallest absolute Gasteiger partial charge is 0.314 e. The number of hydrogen-bond donors (Lipinski definition) is 4. The Hall–Kier alpha value is -1.24. The van der Waals surface area contributed by atoms with Crippen LogP contribution in [0.1, 0.15) is 6.92 Å². The van der Waals surface area contributed by atoms with Crippen molar-refractivity contribution in [3.05, 3.63) is 22.3 Å². The van der Waals surface area contributed by atoms with Crippen molar-refractivity contribution >= 4 is 35.1 Å². The van der Waals surface area contributed by atoms with Gasteiger partial charge in [-0.25, -0.2) is 9.78 Å². The van der Waals surface area contributed by atoms with E-state index in [0.29, 0.717) is 29.0 Å². The minimum Gasteiger partial charge on any atom is -0.392 e. The molecular weight excluding hydrogens is 291 g/mol. The molecule has 0 spiro atoms. The van der Waals surface area contributed by atoms with E-state index in [9.17, 15) is 4.79 Å².